The van der Waals surface area contributed by atoms with Crippen molar-refractivity contribution in [1.82, 2.24) is 4.98 Å². The molecule has 1 aromatic rings. The zero-order valence-electron chi connectivity index (χ0n) is 12.6. The summed E-state index contributed by atoms with van der Waals surface area (Å²) in [4.78, 5) is 7.05. The molecule has 3 heteroatoms. The molecule has 20 heavy (non-hydrogen) atoms. The molecule has 0 amide bonds. The van der Waals surface area contributed by atoms with Crippen LogP contribution in [-0.4, -0.2) is 24.1 Å². The largest absolute Gasteiger partial charge is 0.379 e. The molecule has 0 radical (unpaired) electrons. The molecule has 1 aromatic heterocycles. The van der Waals surface area contributed by atoms with E-state index in [4.69, 9.17) is 0 Å². The second kappa shape index (κ2) is 6.47. The van der Waals surface area contributed by atoms with Crippen molar-refractivity contribution in [2.24, 2.45) is 5.92 Å². The van der Waals surface area contributed by atoms with Crippen molar-refractivity contribution in [2.45, 2.75) is 57.9 Å². The van der Waals surface area contributed by atoms with E-state index in [1.807, 2.05) is 6.20 Å². The first-order valence-electron chi connectivity index (χ1n) is 8.33. The normalized spacial score (nSPS) is 26.8. The SMILES string of the molecule is CCC1CCC(Nc2cccnc2N2CCCC2)CC1. The quantitative estimate of drug-likeness (QED) is 0.896. The highest BCUT2D eigenvalue weighted by molar-refractivity contribution is 5.66. The van der Waals surface area contributed by atoms with Gasteiger partial charge in [0.15, 0.2) is 5.82 Å². The Labute approximate surface area is 122 Å². The Kier molecular flexibility index (Phi) is 4.44. The lowest BCUT2D eigenvalue weighted by atomic mass is 9.84. The molecule has 2 heterocycles. The Morgan fingerprint density at radius 3 is 2.65 bits per heavy atom. The first-order chi connectivity index (χ1) is 9.86. The summed E-state index contributed by atoms with van der Waals surface area (Å²) in [5, 5.41) is 3.77. The number of aromatic nitrogens is 1. The van der Waals surface area contributed by atoms with Gasteiger partial charge >= 0.3 is 0 Å². The maximum Gasteiger partial charge on any atom is 0.151 e. The zero-order valence-corrected chi connectivity index (χ0v) is 12.6. The molecule has 2 aliphatic rings. The molecule has 0 bridgehead atoms. The highest BCUT2D eigenvalue weighted by Gasteiger charge is 2.22. The van der Waals surface area contributed by atoms with Gasteiger partial charge in [0.05, 0.1) is 5.69 Å². The average Bonchev–Trinajstić information content (AvgIpc) is 3.03. The van der Waals surface area contributed by atoms with Crippen LogP contribution in [0.2, 0.25) is 0 Å². The van der Waals surface area contributed by atoms with Gasteiger partial charge in [0, 0.05) is 25.3 Å². The lowest BCUT2D eigenvalue weighted by Gasteiger charge is -2.30. The maximum absolute atomic E-state index is 4.62. The molecule has 1 aliphatic carbocycles. The van der Waals surface area contributed by atoms with Crippen LogP contribution >= 0.6 is 0 Å². The lowest BCUT2D eigenvalue weighted by Crippen LogP contribution is -2.28. The van der Waals surface area contributed by atoms with Crippen LogP contribution in [0, 0.1) is 5.92 Å². The lowest BCUT2D eigenvalue weighted by molar-refractivity contribution is 0.330. The van der Waals surface area contributed by atoms with E-state index in [1.165, 1.54) is 56.5 Å². The van der Waals surface area contributed by atoms with E-state index in [0.717, 1.165) is 19.0 Å². The third kappa shape index (κ3) is 3.08. The molecule has 0 atom stereocenters. The number of rotatable bonds is 4. The number of nitrogens with zero attached hydrogens (tertiary/aromatic N) is 2. The van der Waals surface area contributed by atoms with Gasteiger partial charge in [-0.3, -0.25) is 0 Å². The third-order valence-corrected chi connectivity index (χ3v) is 4.98. The van der Waals surface area contributed by atoms with Crippen LogP contribution < -0.4 is 10.2 Å². The second-order valence-electron chi connectivity index (χ2n) is 6.34. The molecular weight excluding hydrogens is 246 g/mol. The van der Waals surface area contributed by atoms with Crippen LogP contribution in [0.4, 0.5) is 11.5 Å². The summed E-state index contributed by atoms with van der Waals surface area (Å²) in [7, 11) is 0. The van der Waals surface area contributed by atoms with Gasteiger partial charge < -0.3 is 10.2 Å². The van der Waals surface area contributed by atoms with Crippen LogP contribution in [0.15, 0.2) is 18.3 Å². The standard InChI is InChI=1S/C17H27N3/c1-2-14-7-9-15(10-8-14)19-16-6-5-11-18-17(16)20-12-3-4-13-20/h5-6,11,14-15,19H,2-4,7-10,12-13H2,1H3. The zero-order chi connectivity index (χ0) is 13.8. The van der Waals surface area contributed by atoms with Gasteiger partial charge in [-0.2, -0.15) is 0 Å². The smallest absolute Gasteiger partial charge is 0.151 e. The molecule has 110 valence electrons. The Morgan fingerprint density at radius 2 is 1.95 bits per heavy atom. The van der Waals surface area contributed by atoms with Crippen molar-refractivity contribution in [3.63, 3.8) is 0 Å². The Balaban J connectivity index is 1.65. The van der Waals surface area contributed by atoms with Crippen molar-refractivity contribution in [3.8, 4) is 0 Å². The van der Waals surface area contributed by atoms with Gasteiger partial charge in [-0.1, -0.05) is 13.3 Å². The van der Waals surface area contributed by atoms with E-state index in [9.17, 15) is 0 Å². The molecule has 2 fully saturated rings. The van der Waals surface area contributed by atoms with Crippen molar-refractivity contribution in [2.75, 3.05) is 23.3 Å². The Morgan fingerprint density at radius 1 is 1.20 bits per heavy atom. The molecule has 0 spiro atoms. The first kappa shape index (κ1) is 13.7. The van der Waals surface area contributed by atoms with Crippen LogP contribution in [-0.2, 0) is 0 Å². The van der Waals surface area contributed by atoms with E-state index in [-0.39, 0.29) is 0 Å². The fourth-order valence-corrected chi connectivity index (χ4v) is 3.63. The minimum absolute atomic E-state index is 0.642. The molecule has 1 saturated heterocycles. The summed E-state index contributed by atoms with van der Waals surface area (Å²) in [6.07, 6.45) is 11.3. The molecule has 1 saturated carbocycles. The Hall–Kier alpha value is -1.25. The molecule has 0 aromatic carbocycles. The van der Waals surface area contributed by atoms with Gasteiger partial charge in [-0.05, 0) is 56.6 Å². The van der Waals surface area contributed by atoms with Gasteiger partial charge in [-0.25, -0.2) is 4.98 Å². The number of hydrogen-bond acceptors (Lipinski definition) is 3. The molecule has 1 aliphatic heterocycles. The maximum atomic E-state index is 4.62. The molecule has 3 nitrogen and oxygen atoms in total. The second-order valence-corrected chi connectivity index (χ2v) is 6.34. The monoisotopic (exact) mass is 273 g/mol. The summed E-state index contributed by atoms with van der Waals surface area (Å²) in [6.45, 7) is 4.65. The Bertz CT molecular complexity index is 418. The van der Waals surface area contributed by atoms with E-state index in [0.29, 0.717) is 6.04 Å². The summed E-state index contributed by atoms with van der Waals surface area (Å²) in [5.41, 5.74) is 1.24. The molecule has 0 unspecified atom stereocenters. The van der Waals surface area contributed by atoms with Crippen molar-refractivity contribution in [1.29, 1.82) is 0 Å². The van der Waals surface area contributed by atoms with E-state index < -0.39 is 0 Å². The van der Waals surface area contributed by atoms with Crippen molar-refractivity contribution in [3.05, 3.63) is 18.3 Å². The average molecular weight is 273 g/mol. The number of hydrogen-bond donors (Lipinski definition) is 1. The summed E-state index contributed by atoms with van der Waals surface area (Å²) >= 11 is 0. The predicted octanol–water partition coefficient (Wildman–Crippen LogP) is 4.06. The van der Waals surface area contributed by atoms with Crippen LogP contribution in [0.5, 0.6) is 0 Å². The summed E-state index contributed by atoms with van der Waals surface area (Å²) in [5.74, 6) is 2.13. The minimum atomic E-state index is 0.642. The first-order valence-corrected chi connectivity index (χ1v) is 8.33. The highest BCUT2D eigenvalue weighted by Crippen LogP contribution is 2.31. The predicted molar refractivity (Wildman–Crippen MR) is 85.3 cm³/mol. The van der Waals surface area contributed by atoms with E-state index in [1.54, 1.807) is 0 Å². The fraction of sp³-hybridized carbons (Fsp3) is 0.706. The number of pyridine rings is 1. The van der Waals surface area contributed by atoms with E-state index in [2.05, 4.69) is 34.3 Å². The van der Waals surface area contributed by atoms with Gasteiger partial charge in [0.1, 0.15) is 0 Å². The van der Waals surface area contributed by atoms with Gasteiger partial charge in [-0.15, -0.1) is 0 Å². The minimum Gasteiger partial charge on any atom is -0.379 e. The molecular formula is C17H27N3. The van der Waals surface area contributed by atoms with E-state index >= 15 is 0 Å². The van der Waals surface area contributed by atoms with Gasteiger partial charge in [0.2, 0.25) is 0 Å². The number of nitrogens with one attached hydrogen (secondary N) is 1. The third-order valence-electron chi connectivity index (χ3n) is 4.98. The van der Waals surface area contributed by atoms with Crippen LogP contribution in [0.3, 0.4) is 0 Å². The molecule has 3 rings (SSSR count). The van der Waals surface area contributed by atoms with Crippen LogP contribution in [0.1, 0.15) is 51.9 Å². The van der Waals surface area contributed by atoms with Crippen molar-refractivity contribution < 1.29 is 0 Å². The van der Waals surface area contributed by atoms with Crippen LogP contribution in [0.25, 0.3) is 0 Å². The van der Waals surface area contributed by atoms with Crippen molar-refractivity contribution >= 4 is 11.5 Å². The fourth-order valence-electron chi connectivity index (χ4n) is 3.63. The highest BCUT2D eigenvalue weighted by atomic mass is 15.2. The topological polar surface area (TPSA) is 28.2 Å². The molecule has 1 N–H and O–H groups in total. The number of anilines is 2. The van der Waals surface area contributed by atoms with Gasteiger partial charge in [0.25, 0.3) is 0 Å². The summed E-state index contributed by atoms with van der Waals surface area (Å²) < 4.78 is 0. The summed E-state index contributed by atoms with van der Waals surface area (Å²) in [6, 6.07) is 4.90.